The second-order valence-electron chi connectivity index (χ2n) is 7.81. The van der Waals surface area contributed by atoms with Gasteiger partial charge < -0.3 is 9.84 Å². The number of ether oxygens (including phenoxy) is 1. The fourth-order valence-corrected chi connectivity index (χ4v) is 3.47. The van der Waals surface area contributed by atoms with Crippen LogP contribution in [0.25, 0.3) is 0 Å². The van der Waals surface area contributed by atoms with Gasteiger partial charge in [0.25, 0.3) is 0 Å². The van der Waals surface area contributed by atoms with Gasteiger partial charge >= 0.3 is 6.09 Å². The zero-order valence-corrected chi connectivity index (χ0v) is 17.0. The van der Waals surface area contributed by atoms with E-state index < -0.39 is 18.1 Å². The minimum Gasteiger partial charge on any atom is -0.447 e. The van der Waals surface area contributed by atoms with Crippen LogP contribution in [0.15, 0.2) is 0 Å². The first-order valence-corrected chi connectivity index (χ1v) is 10.7. The van der Waals surface area contributed by atoms with Crippen LogP contribution in [0.1, 0.15) is 97.8 Å². The third-order valence-corrected chi connectivity index (χ3v) is 5.39. The van der Waals surface area contributed by atoms with Crippen LogP contribution >= 0.6 is 0 Å². The van der Waals surface area contributed by atoms with E-state index in [1.807, 2.05) is 0 Å². The highest BCUT2D eigenvalue weighted by Gasteiger charge is 2.38. The SMILES string of the molecule is CCCCCCCCCCCCC[C@@H](O)[C@H](C)C(=O)N1C(=O)OC[C@@H]1C. The largest absolute Gasteiger partial charge is 0.447 e. The predicted molar refractivity (Wildman–Crippen MR) is 104 cm³/mol. The van der Waals surface area contributed by atoms with E-state index >= 15 is 0 Å². The number of rotatable bonds is 14. The number of cyclic esters (lactones) is 1. The highest BCUT2D eigenvalue weighted by molar-refractivity contribution is 5.94. The Morgan fingerprint density at radius 1 is 1.08 bits per heavy atom. The van der Waals surface area contributed by atoms with Crippen molar-refractivity contribution in [2.45, 2.75) is 110 Å². The smallest absolute Gasteiger partial charge is 0.416 e. The Morgan fingerprint density at radius 3 is 2.04 bits per heavy atom. The number of hydrogen-bond donors (Lipinski definition) is 1. The number of nitrogens with zero attached hydrogens (tertiary/aromatic N) is 1. The lowest BCUT2D eigenvalue weighted by Crippen LogP contribution is -2.43. The summed E-state index contributed by atoms with van der Waals surface area (Å²) >= 11 is 0. The van der Waals surface area contributed by atoms with Crippen molar-refractivity contribution in [1.82, 2.24) is 4.90 Å². The minimum absolute atomic E-state index is 0.242. The average molecular weight is 370 g/mol. The van der Waals surface area contributed by atoms with Gasteiger partial charge in [0.05, 0.1) is 18.1 Å². The van der Waals surface area contributed by atoms with Gasteiger partial charge in [0.15, 0.2) is 0 Å². The lowest BCUT2D eigenvalue weighted by atomic mass is 9.96. The molecule has 1 aliphatic heterocycles. The summed E-state index contributed by atoms with van der Waals surface area (Å²) < 4.78 is 4.89. The molecule has 0 saturated carbocycles. The Morgan fingerprint density at radius 2 is 1.58 bits per heavy atom. The van der Waals surface area contributed by atoms with Crippen molar-refractivity contribution < 1.29 is 19.4 Å². The summed E-state index contributed by atoms with van der Waals surface area (Å²) in [6.07, 6.45) is 13.2. The Kier molecular flexibility index (Phi) is 11.6. The normalized spacial score (nSPS) is 19.5. The number of carbonyl (C=O) groups is 2. The van der Waals surface area contributed by atoms with E-state index in [0.717, 1.165) is 17.7 Å². The molecule has 1 saturated heterocycles. The number of aliphatic hydroxyl groups is 1. The molecule has 1 N–H and O–H groups in total. The van der Waals surface area contributed by atoms with Gasteiger partial charge in [-0.25, -0.2) is 9.69 Å². The number of unbranched alkanes of at least 4 members (excludes halogenated alkanes) is 10. The first kappa shape index (κ1) is 22.9. The van der Waals surface area contributed by atoms with Gasteiger partial charge in [-0.2, -0.15) is 0 Å². The fourth-order valence-electron chi connectivity index (χ4n) is 3.47. The van der Waals surface area contributed by atoms with Crippen molar-refractivity contribution in [1.29, 1.82) is 0 Å². The number of amides is 2. The van der Waals surface area contributed by atoms with Crippen LogP contribution in [-0.4, -0.2) is 40.8 Å². The van der Waals surface area contributed by atoms with E-state index in [0.29, 0.717) is 6.42 Å². The van der Waals surface area contributed by atoms with Crippen molar-refractivity contribution >= 4 is 12.0 Å². The molecule has 1 fully saturated rings. The number of aliphatic hydroxyl groups excluding tert-OH is 1. The van der Waals surface area contributed by atoms with Gasteiger partial charge in [0.2, 0.25) is 5.91 Å². The van der Waals surface area contributed by atoms with Crippen LogP contribution in [0, 0.1) is 5.92 Å². The van der Waals surface area contributed by atoms with Crippen molar-refractivity contribution in [3.63, 3.8) is 0 Å². The molecule has 0 aromatic heterocycles. The summed E-state index contributed by atoms with van der Waals surface area (Å²) in [5.41, 5.74) is 0. The fraction of sp³-hybridized carbons (Fsp3) is 0.905. The summed E-state index contributed by atoms with van der Waals surface area (Å²) in [4.78, 5) is 25.1. The Hall–Kier alpha value is -1.10. The summed E-state index contributed by atoms with van der Waals surface area (Å²) in [5.74, 6) is -0.887. The molecule has 5 heteroatoms. The van der Waals surface area contributed by atoms with Crippen LogP contribution < -0.4 is 0 Å². The van der Waals surface area contributed by atoms with E-state index in [1.165, 1.54) is 57.8 Å². The molecule has 0 radical (unpaired) electrons. The molecule has 3 atom stereocenters. The molecule has 0 aromatic rings. The molecular weight excluding hydrogens is 330 g/mol. The third-order valence-electron chi connectivity index (χ3n) is 5.39. The zero-order chi connectivity index (χ0) is 19.4. The molecule has 0 aliphatic carbocycles. The molecule has 2 amide bonds. The van der Waals surface area contributed by atoms with Crippen LogP contribution in [0.2, 0.25) is 0 Å². The second-order valence-corrected chi connectivity index (χ2v) is 7.81. The first-order chi connectivity index (χ1) is 12.5. The number of carbonyl (C=O) groups excluding carboxylic acids is 2. The van der Waals surface area contributed by atoms with E-state index in [9.17, 15) is 14.7 Å². The Labute approximate surface area is 159 Å². The Balaban J connectivity index is 2.06. The minimum atomic E-state index is -0.693. The monoisotopic (exact) mass is 369 g/mol. The highest BCUT2D eigenvalue weighted by Crippen LogP contribution is 2.20. The van der Waals surface area contributed by atoms with Gasteiger partial charge in [-0.3, -0.25) is 4.79 Å². The van der Waals surface area contributed by atoms with Crippen molar-refractivity contribution in [2.75, 3.05) is 6.61 Å². The molecule has 5 nitrogen and oxygen atoms in total. The summed E-state index contributed by atoms with van der Waals surface area (Å²) in [5, 5.41) is 10.3. The lowest BCUT2D eigenvalue weighted by Gasteiger charge is -2.23. The highest BCUT2D eigenvalue weighted by atomic mass is 16.6. The maximum Gasteiger partial charge on any atom is 0.416 e. The quantitative estimate of drug-likeness (QED) is 0.435. The van der Waals surface area contributed by atoms with Gasteiger partial charge in [-0.05, 0) is 13.3 Å². The average Bonchev–Trinajstić information content (AvgIpc) is 2.96. The molecule has 1 rings (SSSR count). The summed E-state index contributed by atoms with van der Waals surface area (Å²) in [7, 11) is 0. The van der Waals surface area contributed by atoms with Crippen molar-refractivity contribution in [2.24, 2.45) is 5.92 Å². The second kappa shape index (κ2) is 13.1. The van der Waals surface area contributed by atoms with Crippen molar-refractivity contribution in [3.8, 4) is 0 Å². The molecule has 26 heavy (non-hydrogen) atoms. The van der Waals surface area contributed by atoms with E-state index in [1.54, 1.807) is 13.8 Å². The predicted octanol–water partition coefficient (Wildman–Crippen LogP) is 5.05. The van der Waals surface area contributed by atoms with E-state index in [2.05, 4.69) is 6.92 Å². The summed E-state index contributed by atoms with van der Waals surface area (Å²) in [6, 6.07) is -0.244. The van der Waals surface area contributed by atoms with E-state index in [4.69, 9.17) is 4.74 Å². The zero-order valence-electron chi connectivity index (χ0n) is 17.0. The molecule has 1 heterocycles. The standard InChI is InChI=1S/C21H39NO4/c1-4-5-6-7-8-9-10-11-12-13-14-15-19(23)18(3)20(24)22-17(2)16-26-21(22)25/h17-19,23H,4-16H2,1-3H3/t17-,18-,19+/m0/s1. The van der Waals surface area contributed by atoms with Crippen LogP contribution in [0.5, 0.6) is 0 Å². The summed E-state index contributed by atoms with van der Waals surface area (Å²) in [6.45, 7) is 5.97. The number of imide groups is 1. The van der Waals surface area contributed by atoms with Gasteiger partial charge in [-0.1, -0.05) is 84.5 Å². The maximum atomic E-state index is 12.4. The first-order valence-electron chi connectivity index (χ1n) is 10.7. The van der Waals surface area contributed by atoms with Gasteiger partial charge in [0, 0.05) is 0 Å². The van der Waals surface area contributed by atoms with Crippen molar-refractivity contribution in [3.05, 3.63) is 0 Å². The van der Waals surface area contributed by atoms with Crippen LogP contribution in [0.3, 0.4) is 0 Å². The lowest BCUT2D eigenvalue weighted by molar-refractivity contribution is -0.136. The van der Waals surface area contributed by atoms with E-state index in [-0.39, 0.29) is 18.6 Å². The molecule has 0 spiro atoms. The Bertz CT molecular complexity index is 413. The molecule has 0 unspecified atom stereocenters. The van der Waals surface area contributed by atoms with Crippen LogP contribution in [0.4, 0.5) is 4.79 Å². The maximum absolute atomic E-state index is 12.4. The molecule has 152 valence electrons. The molecule has 1 aliphatic rings. The molecule has 0 aromatic carbocycles. The molecular formula is C21H39NO4. The topological polar surface area (TPSA) is 66.8 Å². The van der Waals surface area contributed by atoms with Gasteiger partial charge in [0.1, 0.15) is 6.61 Å². The van der Waals surface area contributed by atoms with Gasteiger partial charge in [-0.15, -0.1) is 0 Å². The number of hydrogen-bond acceptors (Lipinski definition) is 4. The third kappa shape index (κ3) is 8.07. The van der Waals surface area contributed by atoms with Crippen LogP contribution in [-0.2, 0) is 9.53 Å². The molecule has 0 bridgehead atoms.